The van der Waals surface area contributed by atoms with Gasteiger partial charge in [-0.05, 0) is 74.3 Å². The van der Waals surface area contributed by atoms with Crippen LogP contribution in [0, 0.1) is 0 Å². The molecule has 1 aliphatic heterocycles. The van der Waals surface area contributed by atoms with Crippen molar-refractivity contribution in [1.82, 2.24) is 14.5 Å². The van der Waals surface area contributed by atoms with Crippen molar-refractivity contribution in [1.29, 1.82) is 0 Å². The van der Waals surface area contributed by atoms with E-state index in [1.807, 2.05) is 25.1 Å². The smallest absolute Gasteiger partial charge is 0.329 e. The van der Waals surface area contributed by atoms with Crippen molar-refractivity contribution < 1.29 is 28.6 Å². The van der Waals surface area contributed by atoms with E-state index >= 15 is 0 Å². The highest BCUT2D eigenvalue weighted by Gasteiger charge is 2.31. The summed E-state index contributed by atoms with van der Waals surface area (Å²) in [7, 11) is 1.70. The molecule has 1 fully saturated rings. The molecule has 3 atom stereocenters. The molecule has 0 aliphatic carbocycles. The number of hydrogen-bond acceptors (Lipinski definition) is 8. The standard InChI is InChI=1S/C34H47N5O7/c1-23(27(35)12-15-31(36)40)46-22-26-9-7-24(8-10-26)5-3-17-44-19-20-45-18-4-6-25-11-13-28-30(21-25)38(2)34(43)39(28)29-14-16-32(41)37-33(29)42/h7-11,13,21,23,27,29H,3-6,12,14-20,22,35H2,1-2H3,(H2,36,40)(H,37,41,42). The number of imidazole rings is 1. The number of benzene rings is 2. The number of aromatic nitrogens is 2. The predicted octanol–water partition coefficient (Wildman–Crippen LogP) is 2.41. The van der Waals surface area contributed by atoms with Crippen molar-refractivity contribution in [3.05, 3.63) is 69.6 Å². The summed E-state index contributed by atoms with van der Waals surface area (Å²) in [5, 5.41) is 2.34. The zero-order chi connectivity index (χ0) is 33.1. The van der Waals surface area contributed by atoms with Gasteiger partial charge in [0.1, 0.15) is 6.04 Å². The van der Waals surface area contributed by atoms with Crippen LogP contribution >= 0.6 is 0 Å². The summed E-state index contributed by atoms with van der Waals surface area (Å²) in [5.74, 6) is -1.09. The van der Waals surface area contributed by atoms with Crippen molar-refractivity contribution in [3.8, 4) is 0 Å². The molecule has 2 aromatic carbocycles. The molecule has 3 unspecified atom stereocenters. The van der Waals surface area contributed by atoms with E-state index in [0.717, 1.165) is 42.3 Å². The van der Waals surface area contributed by atoms with Crippen LogP contribution in [-0.4, -0.2) is 65.4 Å². The maximum Gasteiger partial charge on any atom is 0.329 e. The number of fused-ring (bicyclic) bond motifs is 1. The lowest BCUT2D eigenvalue weighted by molar-refractivity contribution is -0.135. The van der Waals surface area contributed by atoms with Gasteiger partial charge >= 0.3 is 5.69 Å². The van der Waals surface area contributed by atoms with Gasteiger partial charge in [0.05, 0.1) is 37.0 Å². The molecule has 0 spiro atoms. The van der Waals surface area contributed by atoms with E-state index in [4.69, 9.17) is 25.7 Å². The van der Waals surface area contributed by atoms with Crippen molar-refractivity contribution in [2.24, 2.45) is 18.5 Å². The Morgan fingerprint density at radius 3 is 2.22 bits per heavy atom. The predicted molar refractivity (Wildman–Crippen MR) is 174 cm³/mol. The van der Waals surface area contributed by atoms with E-state index < -0.39 is 11.9 Å². The minimum absolute atomic E-state index is 0.165. The molecule has 46 heavy (non-hydrogen) atoms. The first kappa shape index (κ1) is 35.0. The van der Waals surface area contributed by atoms with Gasteiger partial charge in [-0.1, -0.05) is 30.3 Å². The molecular weight excluding hydrogens is 590 g/mol. The van der Waals surface area contributed by atoms with Gasteiger partial charge in [0, 0.05) is 39.1 Å². The third-order valence-electron chi connectivity index (χ3n) is 8.42. The minimum Gasteiger partial charge on any atom is -0.379 e. The van der Waals surface area contributed by atoms with Crippen LogP contribution in [0.2, 0.25) is 0 Å². The SMILES string of the molecule is CC(OCc1ccc(CCCOCCOCCCc2ccc3c(c2)n(C)c(=O)n3C2CCC(=O)NC2=O)cc1)C(N)CCC(N)=O. The molecule has 12 nitrogen and oxygen atoms in total. The van der Waals surface area contributed by atoms with Crippen LogP contribution in [0.4, 0.5) is 0 Å². The highest BCUT2D eigenvalue weighted by Crippen LogP contribution is 2.24. The van der Waals surface area contributed by atoms with Gasteiger partial charge in [0.25, 0.3) is 0 Å². The lowest BCUT2D eigenvalue weighted by atomic mass is 10.1. The number of amides is 3. The van der Waals surface area contributed by atoms with Crippen molar-refractivity contribution in [2.45, 2.75) is 83.1 Å². The second-order valence-electron chi connectivity index (χ2n) is 11.9. The summed E-state index contributed by atoms with van der Waals surface area (Å²) in [6, 6.07) is 13.2. The first-order chi connectivity index (χ1) is 22.1. The second-order valence-corrected chi connectivity index (χ2v) is 11.9. The van der Waals surface area contributed by atoms with Gasteiger partial charge in [-0.15, -0.1) is 0 Å². The number of hydrogen-bond donors (Lipinski definition) is 3. The summed E-state index contributed by atoms with van der Waals surface area (Å²) < 4.78 is 20.4. The molecule has 250 valence electrons. The van der Waals surface area contributed by atoms with Gasteiger partial charge in [-0.2, -0.15) is 0 Å². The van der Waals surface area contributed by atoms with Gasteiger partial charge < -0.3 is 25.7 Å². The van der Waals surface area contributed by atoms with Crippen molar-refractivity contribution in [3.63, 3.8) is 0 Å². The van der Waals surface area contributed by atoms with Crippen LogP contribution in [0.1, 0.15) is 68.2 Å². The van der Waals surface area contributed by atoms with Gasteiger partial charge in [-0.25, -0.2) is 4.79 Å². The van der Waals surface area contributed by atoms with Gasteiger partial charge in [0.15, 0.2) is 0 Å². The Bertz CT molecular complexity index is 1530. The molecule has 3 amide bonds. The number of nitrogens with two attached hydrogens (primary N) is 2. The Balaban J connectivity index is 1.07. The summed E-state index contributed by atoms with van der Waals surface area (Å²) in [6.07, 6.45) is 4.60. The molecule has 1 aliphatic rings. The molecule has 1 aromatic heterocycles. The molecule has 3 aromatic rings. The van der Waals surface area contributed by atoms with Crippen LogP contribution in [0.15, 0.2) is 47.3 Å². The summed E-state index contributed by atoms with van der Waals surface area (Å²) in [5.41, 5.74) is 15.8. The lowest BCUT2D eigenvalue weighted by Gasteiger charge is -2.21. The highest BCUT2D eigenvalue weighted by atomic mass is 16.5. The lowest BCUT2D eigenvalue weighted by Crippen LogP contribution is -2.44. The number of primary amides is 1. The third kappa shape index (κ3) is 9.83. The van der Waals surface area contributed by atoms with Crippen molar-refractivity contribution >= 4 is 28.8 Å². The quantitative estimate of drug-likeness (QED) is 0.133. The minimum atomic E-state index is -0.684. The van der Waals surface area contributed by atoms with Gasteiger partial charge in [-0.3, -0.25) is 28.8 Å². The number of nitrogens with one attached hydrogen (secondary N) is 1. The van der Waals surface area contributed by atoms with Crippen LogP contribution in [-0.2, 0) is 55.1 Å². The van der Waals surface area contributed by atoms with E-state index in [2.05, 4.69) is 29.6 Å². The Hall–Kier alpha value is -3.84. The average Bonchev–Trinajstić information content (AvgIpc) is 3.28. The Labute approximate surface area is 269 Å². The Kier molecular flexibility index (Phi) is 13.1. The molecule has 0 bridgehead atoms. The number of imide groups is 1. The van der Waals surface area contributed by atoms with E-state index in [1.54, 1.807) is 11.6 Å². The number of aryl methyl sites for hydroxylation is 3. The molecule has 4 rings (SSSR count). The number of carbonyl (C=O) groups is 3. The normalized spacial score (nSPS) is 16.5. The zero-order valence-corrected chi connectivity index (χ0v) is 26.9. The molecule has 2 heterocycles. The highest BCUT2D eigenvalue weighted by molar-refractivity contribution is 6.00. The fraction of sp³-hybridized carbons (Fsp3) is 0.529. The Morgan fingerprint density at radius 2 is 1.57 bits per heavy atom. The molecule has 0 saturated carbocycles. The summed E-state index contributed by atoms with van der Waals surface area (Å²) in [6.45, 7) is 4.70. The fourth-order valence-corrected chi connectivity index (χ4v) is 5.57. The molecule has 0 radical (unpaired) electrons. The largest absolute Gasteiger partial charge is 0.379 e. The fourth-order valence-electron chi connectivity index (χ4n) is 5.57. The van der Waals surface area contributed by atoms with Crippen LogP contribution in [0.3, 0.4) is 0 Å². The first-order valence-electron chi connectivity index (χ1n) is 16.1. The van der Waals surface area contributed by atoms with E-state index in [9.17, 15) is 19.2 Å². The number of carbonyl (C=O) groups excluding carboxylic acids is 3. The molecular formula is C34H47N5O7. The van der Waals surface area contributed by atoms with Gasteiger partial charge in [0.2, 0.25) is 17.7 Å². The second kappa shape index (κ2) is 17.2. The van der Waals surface area contributed by atoms with Crippen molar-refractivity contribution in [2.75, 3.05) is 26.4 Å². The number of piperidine rings is 1. The van der Waals surface area contributed by atoms with E-state index in [-0.39, 0.29) is 42.5 Å². The average molecular weight is 638 g/mol. The molecule has 1 saturated heterocycles. The maximum atomic E-state index is 12.9. The number of ether oxygens (including phenoxy) is 3. The maximum absolute atomic E-state index is 12.9. The summed E-state index contributed by atoms with van der Waals surface area (Å²) >= 11 is 0. The first-order valence-corrected chi connectivity index (χ1v) is 16.1. The monoisotopic (exact) mass is 637 g/mol. The third-order valence-corrected chi connectivity index (χ3v) is 8.42. The van der Waals surface area contributed by atoms with Crippen LogP contribution < -0.4 is 22.5 Å². The van der Waals surface area contributed by atoms with E-state index in [0.29, 0.717) is 51.4 Å². The number of rotatable bonds is 19. The number of nitrogens with zero attached hydrogens (tertiary/aromatic N) is 2. The van der Waals surface area contributed by atoms with Crippen LogP contribution in [0.25, 0.3) is 11.0 Å². The molecule has 12 heteroatoms. The topological polar surface area (TPSA) is 170 Å². The summed E-state index contributed by atoms with van der Waals surface area (Å²) in [4.78, 5) is 47.8. The Morgan fingerprint density at radius 1 is 0.935 bits per heavy atom. The molecule has 5 N–H and O–H groups in total. The zero-order valence-electron chi connectivity index (χ0n) is 26.9. The van der Waals surface area contributed by atoms with E-state index in [1.165, 1.54) is 10.1 Å². The van der Waals surface area contributed by atoms with Crippen LogP contribution in [0.5, 0.6) is 0 Å².